The predicted octanol–water partition coefficient (Wildman–Crippen LogP) is -1.08. The number of hydrogen-bond acceptors (Lipinski definition) is 3. The van der Waals surface area contributed by atoms with Gasteiger partial charge in [-0.1, -0.05) is 6.07 Å². The molecule has 1 rings (SSSR count). The van der Waals surface area contributed by atoms with Gasteiger partial charge in [-0.2, -0.15) is 0 Å². The number of carbonyl (C=O) groups excluding carboxylic acids is 1. The summed E-state index contributed by atoms with van der Waals surface area (Å²) in [5, 5.41) is 0. The van der Waals surface area contributed by atoms with Crippen molar-refractivity contribution in [3.8, 4) is 0 Å². The minimum atomic E-state index is -1.10. The molecule has 0 aromatic heterocycles. The maximum absolute atomic E-state index is 11.2. The van der Waals surface area contributed by atoms with Crippen molar-refractivity contribution in [1.82, 2.24) is 0 Å². The summed E-state index contributed by atoms with van der Waals surface area (Å²) >= 11 is 4.15. The van der Waals surface area contributed by atoms with Crippen molar-refractivity contribution in [2.24, 2.45) is 0 Å². The van der Waals surface area contributed by atoms with Gasteiger partial charge in [0.15, 0.2) is 5.78 Å². The van der Waals surface area contributed by atoms with E-state index in [0.29, 0.717) is 15.4 Å². The summed E-state index contributed by atoms with van der Waals surface area (Å²) in [6, 6.07) is 5.00. The molecule has 0 bridgehead atoms. The van der Waals surface area contributed by atoms with Crippen LogP contribution in [0, 0.1) is 0 Å². The van der Waals surface area contributed by atoms with Crippen LogP contribution in [0.2, 0.25) is 0 Å². The number of benzene rings is 1. The fourth-order valence-electron chi connectivity index (χ4n) is 0.963. The number of thiol groups is 1. The molecule has 0 aliphatic carbocycles. The van der Waals surface area contributed by atoms with E-state index >= 15 is 0 Å². The largest absolute Gasteiger partial charge is 1.00 e. The smallest absolute Gasteiger partial charge is 0.295 e. The Hall–Kier alpha value is 0.390. The van der Waals surface area contributed by atoms with Crippen LogP contribution in [0.1, 0.15) is 17.3 Å². The molecule has 0 heterocycles. The van der Waals surface area contributed by atoms with Crippen molar-refractivity contribution in [3.05, 3.63) is 23.8 Å². The number of rotatable bonds is 2. The van der Waals surface area contributed by atoms with E-state index in [1.165, 1.54) is 6.92 Å². The Balaban J connectivity index is 0.00000169. The monoisotopic (exact) mass is 237 g/mol. The summed E-state index contributed by atoms with van der Waals surface area (Å²) in [5.41, 5.74) is 0.572. The topological polar surface area (TPSA) is 34.1 Å². The molecule has 0 aliphatic rings. The molecular formula is C9H10NaO2S2+. The number of carbonyl (C=O) groups is 1. The average molecular weight is 237 g/mol. The zero-order valence-electron chi connectivity index (χ0n) is 8.40. The van der Waals surface area contributed by atoms with E-state index < -0.39 is 10.8 Å². The molecule has 0 fully saturated rings. The molecule has 1 aromatic rings. The zero-order chi connectivity index (χ0) is 10.0. The second kappa shape index (κ2) is 6.08. The molecule has 0 saturated carbocycles. The average Bonchev–Trinajstić information content (AvgIpc) is 2.04. The summed E-state index contributed by atoms with van der Waals surface area (Å²) in [4.78, 5) is 12.3. The standard InChI is InChI=1S/C9H10O2S2.Na/c1-6(10)7-3-4-8(12)9(5-7)13(2)11;/h3-5,12H,1-2H3;/q;+1. The Bertz CT molecular complexity index is 377. The molecule has 0 spiro atoms. The summed E-state index contributed by atoms with van der Waals surface area (Å²) < 4.78 is 11.2. The second-order valence-electron chi connectivity index (χ2n) is 2.69. The molecule has 1 atom stereocenters. The van der Waals surface area contributed by atoms with Crippen LogP contribution in [0.5, 0.6) is 0 Å². The molecule has 0 N–H and O–H groups in total. The second-order valence-corrected chi connectivity index (χ2v) is 4.52. The van der Waals surface area contributed by atoms with Crippen molar-refractivity contribution < 1.29 is 38.6 Å². The van der Waals surface area contributed by atoms with Crippen molar-refractivity contribution in [2.75, 3.05) is 6.26 Å². The molecule has 0 aliphatic heterocycles. The molecule has 14 heavy (non-hydrogen) atoms. The molecule has 1 unspecified atom stereocenters. The molecular weight excluding hydrogens is 227 g/mol. The maximum Gasteiger partial charge on any atom is 1.00 e. The number of hydrogen-bond donors (Lipinski definition) is 1. The van der Waals surface area contributed by atoms with Crippen LogP contribution in [0.3, 0.4) is 0 Å². The van der Waals surface area contributed by atoms with Crippen LogP contribution in [0.4, 0.5) is 0 Å². The van der Waals surface area contributed by atoms with Crippen LogP contribution in [-0.2, 0) is 10.8 Å². The van der Waals surface area contributed by atoms with E-state index in [0.717, 1.165) is 0 Å². The summed E-state index contributed by atoms with van der Waals surface area (Å²) in [6.45, 7) is 1.48. The van der Waals surface area contributed by atoms with Crippen LogP contribution < -0.4 is 29.6 Å². The Labute approximate surface area is 114 Å². The Morgan fingerprint density at radius 2 is 2.00 bits per heavy atom. The van der Waals surface area contributed by atoms with Gasteiger partial charge < -0.3 is 0 Å². The van der Waals surface area contributed by atoms with E-state index in [1.807, 2.05) is 0 Å². The molecule has 2 nitrogen and oxygen atoms in total. The predicted molar refractivity (Wildman–Crippen MR) is 56.0 cm³/mol. The van der Waals surface area contributed by atoms with Gasteiger partial charge in [0.25, 0.3) is 0 Å². The normalized spacial score (nSPS) is 11.6. The first-order chi connectivity index (χ1) is 6.02. The van der Waals surface area contributed by atoms with Gasteiger partial charge >= 0.3 is 29.6 Å². The van der Waals surface area contributed by atoms with Gasteiger partial charge in [-0.05, 0) is 19.1 Å². The van der Waals surface area contributed by atoms with Crippen LogP contribution >= 0.6 is 12.6 Å². The fraction of sp³-hybridized carbons (Fsp3) is 0.222. The summed E-state index contributed by atoms with van der Waals surface area (Å²) in [6.07, 6.45) is 1.57. The Kier molecular flexibility index (Phi) is 6.25. The molecule has 0 saturated heterocycles. The van der Waals surface area contributed by atoms with Gasteiger partial charge in [0.05, 0.1) is 15.7 Å². The first kappa shape index (κ1) is 14.4. The Morgan fingerprint density at radius 1 is 1.43 bits per heavy atom. The van der Waals surface area contributed by atoms with Gasteiger partial charge in [0.1, 0.15) is 0 Å². The minimum absolute atomic E-state index is 0. The van der Waals surface area contributed by atoms with Gasteiger partial charge in [0, 0.05) is 16.7 Å². The molecule has 5 heteroatoms. The third-order valence-corrected chi connectivity index (χ3v) is 3.17. The molecule has 70 valence electrons. The van der Waals surface area contributed by atoms with Gasteiger partial charge in [-0.15, -0.1) is 12.6 Å². The first-order valence-corrected chi connectivity index (χ1v) is 5.70. The third-order valence-electron chi connectivity index (χ3n) is 1.68. The summed E-state index contributed by atoms with van der Waals surface area (Å²) in [5.74, 6) is -0.0277. The maximum atomic E-state index is 11.2. The van der Waals surface area contributed by atoms with Gasteiger partial charge in [-0.3, -0.25) is 9.00 Å². The molecule has 0 amide bonds. The molecule has 1 aromatic carbocycles. The van der Waals surface area contributed by atoms with Crippen molar-refractivity contribution in [2.45, 2.75) is 16.7 Å². The van der Waals surface area contributed by atoms with Crippen molar-refractivity contribution in [3.63, 3.8) is 0 Å². The Morgan fingerprint density at radius 3 is 2.43 bits per heavy atom. The minimum Gasteiger partial charge on any atom is -0.295 e. The first-order valence-electron chi connectivity index (χ1n) is 3.69. The van der Waals surface area contributed by atoms with E-state index in [9.17, 15) is 9.00 Å². The SMILES string of the molecule is CC(=O)c1ccc(S)c(S(C)=O)c1.[Na+]. The number of Topliss-reactive ketones (excluding diaryl/α,β-unsaturated/α-hetero) is 1. The quantitative estimate of drug-likeness (QED) is 0.403. The zero-order valence-corrected chi connectivity index (χ0v) is 12.1. The van der Waals surface area contributed by atoms with Crippen LogP contribution in [-0.4, -0.2) is 16.2 Å². The van der Waals surface area contributed by atoms with E-state index in [4.69, 9.17) is 0 Å². The van der Waals surface area contributed by atoms with E-state index in [-0.39, 0.29) is 35.3 Å². The molecule has 0 radical (unpaired) electrons. The summed E-state index contributed by atoms with van der Waals surface area (Å²) in [7, 11) is -1.10. The third kappa shape index (κ3) is 3.51. The number of ketones is 1. The fourth-order valence-corrected chi connectivity index (χ4v) is 2.14. The van der Waals surface area contributed by atoms with Crippen LogP contribution in [0.15, 0.2) is 28.0 Å². The van der Waals surface area contributed by atoms with E-state index in [1.54, 1.807) is 24.5 Å². The van der Waals surface area contributed by atoms with Gasteiger partial charge in [0.2, 0.25) is 0 Å². The van der Waals surface area contributed by atoms with Gasteiger partial charge in [-0.25, -0.2) is 0 Å². The van der Waals surface area contributed by atoms with E-state index in [2.05, 4.69) is 12.6 Å². The van der Waals surface area contributed by atoms with Crippen LogP contribution in [0.25, 0.3) is 0 Å². The van der Waals surface area contributed by atoms with Crippen molar-refractivity contribution in [1.29, 1.82) is 0 Å². The van der Waals surface area contributed by atoms with Crippen molar-refractivity contribution >= 4 is 29.2 Å².